The van der Waals surface area contributed by atoms with E-state index >= 15 is 0 Å². The van der Waals surface area contributed by atoms with Crippen molar-refractivity contribution in [3.63, 3.8) is 0 Å². The number of hydrogen-bond donors (Lipinski definition) is 0. The summed E-state index contributed by atoms with van der Waals surface area (Å²) in [6.45, 7) is 3.44. The van der Waals surface area contributed by atoms with Gasteiger partial charge in [-0.05, 0) is 19.4 Å². The Morgan fingerprint density at radius 3 is 2.89 bits per heavy atom. The summed E-state index contributed by atoms with van der Waals surface area (Å²) in [6.07, 6.45) is 12.7. The fraction of sp³-hybridized carbons (Fsp3) is 0.400. The highest BCUT2D eigenvalue weighted by Crippen LogP contribution is 2.29. The van der Waals surface area contributed by atoms with Crippen LogP contribution in [-0.4, -0.2) is 44.8 Å². The van der Waals surface area contributed by atoms with Gasteiger partial charge in [0.05, 0.1) is 30.1 Å². The van der Waals surface area contributed by atoms with Crippen molar-refractivity contribution in [3.05, 3.63) is 59.3 Å². The lowest BCUT2D eigenvalue weighted by atomic mass is 9.89. The van der Waals surface area contributed by atoms with Gasteiger partial charge < -0.3 is 9.64 Å². The smallest absolute Gasteiger partial charge is 0.255 e. The SMILES string of the molecule is C[C@H]1[C@@H](C2C=CC=CC2)OCCN1c1nc(-c2ccncn2)cc(=O)n1C. The van der Waals surface area contributed by atoms with Gasteiger partial charge in [0.1, 0.15) is 6.33 Å². The fourth-order valence-electron chi connectivity index (χ4n) is 3.77. The monoisotopic (exact) mass is 365 g/mol. The number of rotatable bonds is 3. The van der Waals surface area contributed by atoms with Crippen LogP contribution in [0.2, 0.25) is 0 Å². The van der Waals surface area contributed by atoms with Gasteiger partial charge in [0.15, 0.2) is 0 Å². The maximum atomic E-state index is 12.6. The second-order valence-electron chi connectivity index (χ2n) is 6.92. The molecule has 0 spiro atoms. The summed E-state index contributed by atoms with van der Waals surface area (Å²) < 4.78 is 7.70. The summed E-state index contributed by atoms with van der Waals surface area (Å²) >= 11 is 0. The Hall–Kier alpha value is -2.80. The molecular formula is C20H23N5O2. The van der Waals surface area contributed by atoms with E-state index in [0.717, 1.165) is 6.42 Å². The number of ether oxygens (including phenoxy) is 1. The molecule has 27 heavy (non-hydrogen) atoms. The van der Waals surface area contributed by atoms with Crippen LogP contribution >= 0.6 is 0 Å². The summed E-state index contributed by atoms with van der Waals surface area (Å²) in [5, 5.41) is 0. The van der Waals surface area contributed by atoms with Crippen LogP contribution in [0.4, 0.5) is 5.95 Å². The molecule has 1 unspecified atom stereocenters. The maximum absolute atomic E-state index is 12.6. The van der Waals surface area contributed by atoms with Crippen molar-refractivity contribution in [2.24, 2.45) is 13.0 Å². The van der Waals surface area contributed by atoms with Gasteiger partial charge in [-0.15, -0.1) is 0 Å². The molecule has 1 aliphatic carbocycles. The van der Waals surface area contributed by atoms with E-state index in [2.05, 4.69) is 46.1 Å². The second-order valence-corrected chi connectivity index (χ2v) is 6.92. The molecule has 3 heterocycles. The molecule has 0 N–H and O–H groups in total. The van der Waals surface area contributed by atoms with Gasteiger partial charge >= 0.3 is 0 Å². The Morgan fingerprint density at radius 2 is 2.15 bits per heavy atom. The largest absolute Gasteiger partial charge is 0.374 e. The summed E-state index contributed by atoms with van der Waals surface area (Å²) in [4.78, 5) is 27.7. The molecule has 2 aliphatic rings. The number of anilines is 1. The van der Waals surface area contributed by atoms with Crippen molar-refractivity contribution in [1.29, 1.82) is 0 Å². The molecule has 2 aromatic rings. The first-order valence-electron chi connectivity index (χ1n) is 9.21. The van der Waals surface area contributed by atoms with E-state index in [1.54, 1.807) is 23.9 Å². The van der Waals surface area contributed by atoms with Crippen molar-refractivity contribution >= 4 is 5.95 Å². The Bertz CT molecular complexity index is 922. The van der Waals surface area contributed by atoms with Gasteiger partial charge in [-0.1, -0.05) is 24.3 Å². The van der Waals surface area contributed by atoms with Gasteiger partial charge in [-0.2, -0.15) is 0 Å². The Kier molecular flexibility index (Phi) is 4.85. The zero-order valence-corrected chi connectivity index (χ0v) is 15.5. The summed E-state index contributed by atoms with van der Waals surface area (Å²) in [7, 11) is 1.76. The lowest BCUT2D eigenvalue weighted by Gasteiger charge is -2.43. The van der Waals surface area contributed by atoms with Crippen molar-refractivity contribution in [3.8, 4) is 11.4 Å². The van der Waals surface area contributed by atoms with Crippen LogP contribution in [0.15, 0.2) is 53.8 Å². The molecule has 1 aliphatic heterocycles. The van der Waals surface area contributed by atoms with E-state index in [4.69, 9.17) is 9.72 Å². The van der Waals surface area contributed by atoms with E-state index in [0.29, 0.717) is 36.4 Å². The lowest BCUT2D eigenvalue weighted by Crippen LogP contribution is -2.54. The minimum atomic E-state index is -0.107. The predicted octanol–water partition coefficient (Wildman–Crippen LogP) is 1.96. The molecular weight excluding hydrogens is 342 g/mol. The standard InChI is InChI=1S/C20H23N5O2/c1-14-19(15-6-4-3-5-7-15)27-11-10-25(14)20-23-17(12-18(26)24(20)2)16-8-9-21-13-22-16/h3-6,8-9,12-15,19H,7,10-11H2,1-2H3/t14-,15?,19-/m0/s1. The normalized spacial score (nSPS) is 25.0. The summed E-state index contributed by atoms with van der Waals surface area (Å²) in [6, 6.07) is 3.37. The van der Waals surface area contributed by atoms with Crippen LogP contribution in [0.25, 0.3) is 11.4 Å². The second kappa shape index (κ2) is 7.44. The van der Waals surface area contributed by atoms with E-state index in [-0.39, 0.29) is 17.7 Å². The van der Waals surface area contributed by atoms with Crippen LogP contribution in [0.5, 0.6) is 0 Å². The molecule has 1 fully saturated rings. The molecule has 140 valence electrons. The van der Waals surface area contributed by atoms with E-state index in [1.165, 1.54) is 12.4 Å². The van der Waals surface area contributed by atoms with E-state index < -0.39 is 0 Å². The minimum Gasteiger partial charge on any atom is -0.374 e. The van der Waals surface area contributed by atoms with Crippen LogP contribution in [0.3, 0.4) is 0 Å². The van der Waals surface area contributed by atoms with Crippen LogP contribution < -0.4 is 10.5 Å². The minimum absolute atomic E-state index is 0.0551. The molecule has 0 radical (unpaired) electrons. The molecule has 1 saturated heterocycles. The van der Waals surface area contributed by atoms with E-state index in [9.17, 15) is 4.79 Å². The van der Waals surface area contributed by atoms with Crippen molar-refractivity contribution in [1.82, 2.24) is 19.5 Å². The molecule has 0 aromatic carbocycles. The van der Waals surface area contributed by atoms with Crippen LogP contribution in [0.1, 0.15) is 13.3 Å². The molecule has 0 bridgehead atoms. The van der Waals surface area contributed by atoms with Crippen molar-refractivity contribution in [2.75, 3.05) is 18.1 Å². The number of hydrogen-bond acceptors (Lipinski definition) is 6. The van der Waals surface area contributed by atoms with Gasteiger partial charge in [0.2, 0.25) is 5.95 Å². The van der Waals surface area contributed by atoms with Gasteiger partial charge in [0.25, 0.3) is 5.56 Å². The summed E-state index contributed by atoms with van der Waals surface area (Å²) in [5.41, 5.74) is 1.09. The zero-order chi connectivity index (χ0) is 18.8. The third kappa shape index (κ3) is 3.42. The third-order valence-corrected chi connectivity index (χ3v) is 5.26. The number of morpholine rings is 1. The van der Waals surface area contributed by atoms with E-state index in [1.807, 2.05) is 0 Å². The number of allylic oxidation sites excluding steroid dienone is 3. The number of aromatic nitrogens is 4. The highest BCUT2D eigenvalue weighted by molar-refractivity contribution is 5.55. The van der Waals surface area contributed by atoms with Gasteiger partial charge in [-0.3, -0.25) is 9.36 Å². The lowest BCUT2D eigenvalue weighted by molar-refractivity contribution is -0.0102. The molecule has 4 rings (SSSR count). The first kappa shape index (κ1) is 17.6. The predicted molar refractivity (Wildman–Crippen MR) is 103 cm³/mol. The Balaban J connectivity index is 1.69. The molecule has 0 saturated carbocycles. The molecule has 7 heteroatoms. The van der Waals surface area contributed by atoms with Gasteiger partial charge in [0, 0.05) is 31.8 Å². The fourth-order valence-corrected chi connectivity index (χ4v) is 3.77. The number of nitrogens with zero attached hydrogens (tertiary/aromatic N) is 5. The Morgan fingerprint density at radius 1 is 1.26 bits per heavy atom. The van der Waals surface area contributed by atoms with Crippen molar-refractivity contribution in [2.45, 2.75) is 25.5 Å². The van der Waals surface area contributed by atoms with Crippen LogP contribution in [0, 0.1) is 5.92 Å². The van der Waals surface area contributed by atoms with Gasteiger partial charge in [-0.25, -0.2) is 15.0 Å². The zero-order valence-electron chi connectivity index (χ0n) is 15.5. The Labute approximate surface area is 158 Å². The highest BCUT2D eigenvalue weighted by atomic mass is 16.5. The van der Waals surface area contributed by atoms with Crippen LogP contribution in [-0.2, 0) is 11.8 Å². The van der Waals surface area contributed by atoms with Crippen molar-refractivity contribution < 1.29 is 4.74 Å². The first-order chi connectivity index (χ1) is 13.1. The summed E-state index contributed by atoms with van der Waals surface area (Å²) in [5.74, 6) is 0.974. The molecule has 2 aromatic heterocycles. The maximum Gasteiger partial charge on any atom is 0.255 e. The molecule has 3 atom stereocenters. The highest BCUT2D eigenvalue weighted by Gasteiger charge is 2.35. The quantitative estimate of drug-likeness (QED) is 0.828. The third-order valence-electron chi connectivity index (χ3n) is 5.26. The topological polar surface area (TPSA) is 73.1 Å². The molecule has 0 amide bonds. The first-order valence-corrected chi connectivity index (χ1v) is 9.21. The average Bonchev–Trinajstić information content (AvgIpc) is 2.72. The molecule has 7 nitrogen and oxygen atoms in total. The average molecular weight is 365 g/mol.